The van der Waals surface area contributed by atoms with E-state index in [1.165, 1.54) is 5.57 Å². The highest BCUT2D eigenvalue weighted by molar-refractivity contribution is 5.81. The molecule has 3 fully saturated rings. The van der Waals surface area contributed by atoms with Crippen LogP contribution < -0.4 is 16.8 Å². The van der Waals surface area contributed by atoms with Crippen LogP contribution in [-0.2, 0) is 14.3 Å². The second-order valence-corrected chi connectivity index (χ2v) is 8.08. The number of allylic oxidation sites excluding steroid dienone is 1. The Labute approximate surface area is 165 Å². The lowest BCUT2D eigenvalue weighted by molar-refractivity contribution is -0.145. The lowest BCUT2D eigenvalue weighted by Gasteiger charge is -2.27. The molecule has 0 unspecified atom stereocenters. The normalized spacial score (nSPS) is 32.9. The van der Waals surface area contributed by atoms with Gasteiger partial charge in [0.2, 0.25) is 0 Å². The fourth-order valence-corrected chi connectivity index (χ4v) is 4.95. The second-order valence-electron chi connectivity index (χ2n) is 8.08. The number of esters is 1. The number of fused-ring (bicyclic) bond motifs is 3. The van der Waals surface area contributed by atoms with Crippen molar-refractivity contribution in [1.29, 1.82) is 0 Å². The van der Waals surface area contributed by atoms with Crippen molar-refractivity contribution < 1.29 is 19.4 Å². The number of carboxylic acid groups (broad SMARTS) is 1. The van der Waals surface area contributed by atoms with Crippen LogP contribution in [0.1, 0.15) is 38.5 Å². The highest BCUT2D eigenvalue weighted by Gasteiger charge is 2.54. The molecule has 0 aromatic rings. The first-order chi connectivity index (χ1) is 13.3. The van der Waals surface area contributed by atoms with E-state index < -0.39 is 18.1 Å². The van der Waals surface area contributed by atoms with E-state index in [1.807, 2.05) is 0 Å². The summed E-state index contributed by atoms with van der Waals surface area (Å²) >= 11 is 0. The molecule has 0 aromatic carbocycles. The molecule has 1 saturated heterocycles. The van der Waals surface area contributed by atoms with Crippen LogP contribution in [0.3, 0.4) is 0 Å². The van der Waals surface area contributed by atoms with E-state index in [2.05, 4.69) is 23.5 Å². The number of aliphatic carboxylic acids is 1. The van der Waals surface area contributed by atoms with Crippen LogP contribution in [0, 0.1) is 17.8 Å². The summed E-state index contributed by atoms with van der Waals surface area (Å²) in [4.78, 5) is 28.2. The molecule has 6 N–H and O–H groups in total. The molecule has 2 saturated carbocycles. The molecule has 8 nitrogen and oxygen atoms in total. The maximum Gasteiger partial charge on any atom is 0.323 e. The zero-order valence-electron chi connectivity index (χ0n) is 16.1. The molecule has 6 atom stereocenters. The molecule has 0 aromatic heterocycles. The standard InChI is InChI=1S/C20H30N4O4/c1-10-5-8-13-16(24-14(18(25)26)4-3-9-23-20(21)22)19(27)28-17(13)15-11(2)6-7-12(10)15/h12-17,24H,1-9H2,(H,25,26)(H4,21,22,23)/t12-,13-,14-,15-,16-,17-/m0/s1. The topological polar surface area (TPSA) is 140 Å². The molecule has 0 amide bonds. The fraction of sp³-hybridized carbons (Fsp3) is 0.650. The number of hydrogen-bond acceptors (Lipinski definition) is 5. The number of aliphatic imine (C=N–C) groups is 1. The van der Waals surface area contributed by atoms with E-state index in [1.54, 1.807) is 0 Å². The molecule has 28 heavy (non-hydrogen) atoms. The lowest BCUT2D eigenvalue weighted by atomic mass is 9.81. The van der Waals surface area contributed by atoms with Crippen molar-refractivity contribution in [2.75, 3.05) is 6.54 Å². The smallest absolute Gasteiger partial charge is 0.323 e. The van der Waals surface area contributed by atoms with Crippen LogP contribution in [-0.4, -0.2) is 47.7 Å². The SMILES string of the molecule is C=C1CC[C@H]2C(=C)CC[C@@H]3[C@H](OC(=O)[C@H]3N[C@@H](CCCN=C(N)N)C(=O)O)[C@@H]12. The maximum atomic E-state index is 12.6. The molecule has 0 spiro atoms. The molecule has 3 aliphatic rings. The van der Waals surface area contributed by atoms with Gasteiger partial charge in [0.15, 0.2) is 5.96 Å². The first-order valence-corrected chi connectivity index (χ1v) is 9.89. The number of rotatable bonds is 7. The van der Waals surface area contributed by atoms with E-state index in [0.29, 0.717) is 25.3 Å². The van der Waals surface area contributed by atoms with Crippen LogP contribution in [0.15, 0.2) is 29.3 Å². The number of hydrogen-bond donors (Lipinski definition) is 4. The quantitative estimate of drug-likeness (QED) is 0.167. The number of nitrogens with two attached hydrogens (primary N) is 2. The van der Waals surface area contributed by atoms with Gasteiger partial charge < -0.3 is 21.3 Å². The van der Waals surface area contributed by atoms with Gasteiger partial charge in [-0.3, -0.25) is 19.9 Å². The Balaban J connectivity index is 1.71. The third kappa shape index (κ3) is 4.06. The lowest BCUT2D eigenvalue weighted by Crippen LogP contribution is -2.49. The van der Waals surface area contributed by atoms with Crippen molar-refractivity contribution >= 4 is 17.9 Å². The second kappa shape index (κ2) is 8.34. The van der Waals surface area contributed by atoms with Gasteiger partial charge in [-0.25, -0.2) is 0 Å². The predicted molar refractivity (Wildman–Crippen MR) is 105 cm³/mol. The van der Waals surface area contributed by atoms with Crippen LogP contribution >= 0.6 is 0 Å². The average Bonchev–Trinajstić information content (AvgIpc) is 3.10. The minimum absolute atomic E-state index is 0.0212. The molecule has 0 radical (unpaired) electrons. The Kier molecular flexibility index (Phi) is 6.07. The number of nitrogens with one attached hydrogen (secondary N) is 1. The molecule has 1 heterocycles. The molecular weight excluding hydrogens is 360 g/mol. The summed E-state index contributed by atoms with van der Waals surface area (Å²) in [6.45, 7) is 8.79. The summed E-state index contributed by atoms with van der Waals surface area (Å²) in [5.74, 6) is -1.05. The molecule has 2 aliphatic carbocycles. The van der Waals surface area contributed by atoms with Crippen molar-refractivity contribution in [2.24, 2.45) is 34.2 Å². The summed E-state index contributed by atoms with van der Waals surface area (Å²) in [6, 6.07) is -1.49. The fourth-order valence-electron chi connectivity index (χ4n) is 4.95. The van der Waals surface area contributed by atoms with E-state index >= 15 is 0 Å². The predicted octanol–water partition coefficient (Wildman–Crippen LogP) is 0.925. The third-order valence-corrected chi connectivity index (χ3v) is 6.34. The molecule has 8 heteroatoms. The minimum atomic E-state index is -0.998. The van der Waals surface area contributed by atoms with Crippen molar-refractivity contribution in [1.82, 2.24) is 5.32 Å². The third-order valence-electron chi connectivity index (χ3n) is 6.34. The number of carbonyl (C=O) groups is 2. The Morgan fingerprint density at radius 3 is 2.68 bits per heavy atom. The van der Waals surface area contributed by atoms with Gasteiger partial charge in [-0.2, -0.15) is 0 Å². The number of ether oxygens (including phenoxy) is 1. The largest absolute Gasteiger partial charge is 0.480 e. The number of guanidine groups is 1. The average molecular weight is 390 g/mol. The van der Waals surface area contributed by atoms with Crippen molar-refractivity contribution in [3.63, 3.8) is 0 Å². The molecule has 154 valence electrons. The number of carboxylic acids is 1. The van der Waals surface area contributed by atoms with Gasteiger partial charge in [-0.15, -0.1) is 0 Å². The Hall–Kier alpha value is -2.35. The minimum Gasteiger partial charge on any atom is -0.480 e. The zero-order valence-corrected chi connectivity index (χ0v) is 16.1. The highest BCUT2D eigenvalue weighted by Crippen LogP contribution is 2.51. The number of carbonyl (C=O) groups excluding carboxylic acids is 1. The van der Waals surface area contributed by atoms with Gasteiger partial charge in [0, 0.05) is 18.4 Å². The summed E-state index contributed by atoms with van der Waals surface area (Å²) in [5.41, 5.74) is 12.9. The summed E-state index contributed by atoms with van der Waals surface area (Å²) in [7, 11) is 0. The van der Waals surface area contributed by atoms with Crippen LogP contribution in [0.2, 0.25) is 0 Å². The van der Waals surface area contributed by atoms with Crippen LogP contribution in [0.4, 0.5) is 0 Å². The van der Waals surface area contributed by atoms with Crippen LogP contribution in [0.25, 0.3) is 0 Å². The van der Waals surface area contributed by atoms with Crippen molar-refractivity contribution in [3.8, 4) is 0 Å². The first-order valence-electron chi connectivity index (χ1n) is 9.89. The van der Waals surface area contributed by atoms with Crippen molar-refractivity contribution in [3.05, 3.63) is 24.3 Å². The van der Waals surface area contributed by atoms with Gasteiger partial charge in [0.25, 0.3) is 0 Å². The van der Waals surface area contributed by atoms with Gasteiger partial charge in [0.05, 0.1) is 0 Å². The first kappa shape index (κ1) is 20.4. The Morgan fingerprint density at radius 1 is 1.29 bits per heavy atom. The summed E-state index contributed by atoms with van der Waals surface area (Å²) in [5, 5.41) is 12.6. The van der Waals surface area contributed by atoms with E-state index in [9.17, 15) is 14.7 Å². The maximum absolute atomic E-state index is 12.6. The highest BCUT2D eigenvalue weighted by atomic mass is 16.6. The Bertz CT molecular complexity index is 700. The van der Waals surface area contributed by atoms with Gasteiger partial charge in [-0.05, 0) is 44.4 Å². The summed E-state index contributed by atoms with van der Waals surface area (Å²) in [6.07, 6.45) is 4.08. The molecule has 3 rings (SSSR count). The van der Waals surface area contributed by atoms with Crippen molar-refractivity contribution in [2.45, 2.75) is 56.7 Å². The molecular formula is C20H30N4O4. The zero-order chi connectivity index (χ0) is 20.4. The van der Waals surface area contributed by atoms with Crippen LogP contribution in [0.5, 0.6) is 0 Å². The monoisotopic (exact) mass is 390 g/mol. The van der Waals surface area contributed by atoms with E-state index in [-0.39, 0.29) is 29.9 Å². The summed E-state index contributed by atoms with van der Waals surface area (Å²) < 4.78 is 5.78. The Morgan fingerprint density at radius 2 is 2.00 bits per heavy atom. The number of nitrogens with zero attached hydrogens (tertiary/aromatic N) is 1. The van der Waals surface area contributed by atoms with E-state index in [0.717, 1.165) is 31.3 Å². The molecule has 0 bridgehead atoms. The van der Waals surface area contributed by atoms with E-state index in [4.69, 9.17) is 16.2 Å². The molecule has 1 aliphatic heterocycles. The van der Waals surface area contributed by atoms with Gasteiger partial charge in [0.1, 0.15) is 18.2 Å². The van der Waals surface area contributed by atoms with Gasteiger partial charge in [-0.1, -0.05) is 24.3 Å². The van der Waals surface area contributed by atoms with Gasteiger partial charge >= 0.3 is 11.9 Å².